The van der Waals surface area contributed by atoms with E-state index in [-0.39, 0.29) is 0 Å². The van der Waals surface area contributed by atoms with E-state index in [0.29, 0.717) is 11.6 Å². The van der Waals surface area contributed by atoms with Crippen molar-refractivity contribution >= 4 is 11.6 Å². The minimum atomic E-state index is -0.434. The summed E-state index contributed by atoms with van der Waals surface area (Å²) in [5, 5.41) is 14.5. The molecule has 0 aliphatic carbocycles. The number of carbonyl (C=O) groups excluding carboxylic acids is 1. The molecule has 1 aromatic carbocycles. The molecule has 0 radical (unpaired) electrons. The molecular weight excluding hydrogens is 268 g/mol. The molecule has 2 aromatic rings. The Morgan fingerprint density at radius 1 is 1.38 bits per heavy atom. The first kappa shape index (κ1) is 13.6. The van der Waals surface area contributed by atoms with E-state index < -0.39 is 5.91 Å². The number of aromatic nitrogens is 3. The quantitative estimate of drug-likeness (QED) is 0.761. The normalized spacial score (nSPS) is 15.8. The van der Waals surface area contributed by atoms with E-state index in [4.69, 9.17) is 5.73 Å². The second-order valence-electron chi connectivity index (χ2n) is 5.11. The van der Waals surface area contributed by atoms with Crippen LogP contribution in [0.5, 0.6) is 0 Å². The molecule has 0 atom stereocenters. The summed E-state index contributed by atoms with van der Waals surface area (Å²) >= 11 is 0. The highest BCUT2D eigenvalue weighted by molar-refractivity contribution is 5.98. The number of rotatable bonds is 4. The van der Waals surface area contributed by atoms with Crippen molar-refractivity contribution < 1.29 is 4.79 Å². The van der Waals surface area contributed by atoms with Gasteiger partial charge in [0, 0.05) is 11.7 Å². The van der Waals surface area contributed by atoms with Crippen LogP contribution in [0.4, 0.5) is 5.69 Å². The molecule has 0 bridgehead atoms. The molecule has 0 unspecified atom stereocenters. The summed E-state index contributed by atoms with van der Waals surface area (Å²) in [6.07, 6.45) is 5.41. The first-order valence-corrected chi connectivity index (χ1v) is 7.02. The molecule has 21 heavy (non-hydrogen) atoms. The predicted molar refractivity (Wildman–Crippen MR) is 79.4 cm³/mol. The van der Waals surface area contributed by atoms with Gasteiger partial charge in [0.1, 0.15) is 0 Å². The van der Waals surface area contributed by atoms with Crippen molar-refractivity contribution in [2.75, 3.05) is 18.4 Å². The zero-order valence-electron chi connectivity index (χ0n) is 11.6. The number of hydrogen-bond donors (Lipinski definition) is 3. The lowest BCUT2D eigenvalue weighted by Gasteiger charge is -2.25. The molecule has 110 valence electrons. The van der Waals surface area contributed by atoms with E-state index in [1.807, 2.05) is 12.1 Å². The summed E-state index contributed by atoms with van der Waals surface area (Å²) in [7, 11) is 0. The number of nitrogens with two attached hydrogens (primary N) is 1. The third-order valence-corrected chi connectivity index (χ3v) is 3.65. The molecule has 1 aliphatic rings. The van der Waals surface area contributed by atoms with Crippen LogP contribution in [0.1, 0.15) is 23.2 Å². The largest absolute Gasteiger partial charge is 0.382 e. The number of nitrogens with one attached hydrogen (secondary N) is 2. The van der Waals surface area contributed by atoms with Crippen LogP contribution in [0.3, 0.4) is 0 Å². The van der Waals surface area contributed by atoms with Gasteiger partial charge in [0.2, 0.25) is 0 Å². The molecule has 4 N–H and O–H groups in total. The number of nitrogens with zero attached hydrogens (tertiary/aromatic N) is 3. The van der Waals surface area contributed by atoms with Gasteiger partial charge in [-0.1, -0.05) is 5.21 Å². The zero-order valence-corrected chi connectivity index (χ0v) is 11.6. The lowest BCUT2D eigenvalue weighted by molar-refractivity contribution is 0.100. The molecule has 7 nitrogen and oxygen atoms in total. The van der Waals surface area contributed by atoms with Crippen molar-refractivity contribution in [3.8, 4) is 5.69 Å². The highest BCUT2D eigenvalue weighted by Gasteiger charge is 2.16. The fourth-order valence-electron chi connectivity index (χ4n) is 2.54. The number of benzene rings is 1. The Kier molecular flexibility index (Phi) is 3.83. The maximum atomic E-state index is 11.6. The SMILES string of the molecule is NC(=O)c1ccc(-n2ccnn2)cc1NC1CCNCC1. The Morgan fingerprint density at radius 2 is 2.19 bits per heavy atom. The Hall–Kier alpha value is -2.41. The molecule has 7 heteroatoms. The minimum absolute atomic E-state index is 0.343. The highest BCUT2D eigenvalue weighted by atomic mass is 16.1. The van der Waals surface area contributed by atoms with Crippen LogP contribution in [0, 0.1) is 0 Å². The van der Waals surface area contributed by atoms with E-state index in [1.54, 1.807) is 23.1 Å². The number of piperidine rings is 1. The maximum absolute atomic E-state index is 11.6. The van der Waals surface area contributed by atoms with E-state index in [1.165, 1.54) is 0 Å². The van der Waals surface area contributed by atoms with E-state index >= 15 is 0 Å². The molecule has 0 spiro atoms. The second-order valence-corrected chi connectivity index (χ2v) is 5.11. The third kappa shape index (κ3) is 3.03. The molecule has 1 fully saturated rings. The average Bonchev–Trinajstić information content (AvgIpc) is 3.02. The van der Waals surface area contributed by atoms with Crippen molar-refractivity contribution in [1.82, 2.24) is 20.3 Å². The van der Waals surface area contributed by atoms with Crippen LogP contribution in [0.2, 0.25) is 0 Å². The van der Waals surface area contributed by atoms with Gasteiger partial charge in [0.15, 0.2) is 0 Å². The lowest BCUT2D eigenvalue weighted by atomic mass is 10.0. The number of anilines is 1. The predicted octanol–water partition coefficient (Wildman–Crippen LogP) is 0.530. The van der Waals surface area contributed by atoms with Gasteiger partial charge in [-0.2, -0.15) is 0 Å². The second kappa shape index (κ2) is 5.92. The van der Waals surface area contributed by atoms with E-state index in [9.17, 15) is 4.79 Å². The van der Waals surface area contributed by atoms with Gasteiger partial charge < -0.3 is 16.4 Å². The fraction of sp³-hybridized carbons (Fsp3) is 0.357. The standard InChI is InChI=1S/C14H18N6O/c15-14(21)12-2-1-11(20-8-7-17-19-20)9-13(12)18-10-3-5-16-6-4-10/h1-2,7-10,16,18H,3-6H2,(H2,15,21). The van der Waals surface area contributed by atoms with Crippen LogP contribution in [0.15, 0.2) is 30.6 Å². The first-order chi connectivity index (χ1) is 10.2. The molecule has 1 aliphatic heterocycles. The number of primary amides is 1. The molecule has 3 rings (SSSR count). The van der Waals surface area contributed by atoms with Gasteiger partial charge in [-0.05, 0) is 44.1 Å². The maximum Gasteiger partial charge on any atom is 0.250 e. The zero-order chi connectivity index (χ0) is 14.7. The summed E-state index contributed by atoms with van der Waals surface area (Å²) in [6.45, 7) is 1.96. The van der Waals surface area contributed by atoms with E-state index in [0.717, 1.165) is 37.3 Å². The van der Waals surface area contributed by atoms with Gasteiger partial charge >= 0.3 is 0 Å². The summed E-state index contributed by atoms with van der Waals surface area (Å²) in [6, 6.07) is 5.76. The fourth-order valence-corrected chi connectivity index (χ4v) is 2.54. The molecule has 1 saturated heterocycles. The van der Waals surface area contributed by atoms with Crippen LogP contribution >= 0.6 is 0 Å². The Bertz CT molecular complexity index is 618. The molecule has 0 saturated carbocycles. The Labute approximate surface area is 122 Å². The van der Waals surface area contributed by atoms with Crippen molar-refractivity contribution in [3.63, 3.8) is 0 Å². The topological polar surface area (TPSA) is 97.9 Å². The van der Waals surface area contributed by atoms with Crippen molar-refractivity contribution in [2.24, 2.45) is 5.73 Å². The van der Waals surface area contributed by atoms with Gasteiger partial charge in [-0.3, -0.25) is 4.79 Å². The molecular formula is C14H18N6O. The van der Waals surface area contributed by atoms with Crippen molar-refractivity contribution in [2.45, 2.75) is 18.9 Å². The Balaban J connectivity index is 1.90. The summed E-state index contributed by atoms with van der Waals surface area (Å²) in [4.78, 5) is 11.6. The summed E-state index contributed by atoms with van der Waals surface area (Å²) in [5.41, 5.74) is 7.55. The summed E-state index contributed by atoms with van der Waals surface area (Å²) < 4.78 is 1.65. The lowest BCUT2D eigenvalue weighted by Crippen LogP contribution is -2.35. The minimum Gasteiger partial charge on any atom is -0.382 e. The molecule has 1 amide bonds. The van der Waals surface area contributed by atoms with Gasteiger partial charge in [0.25, 0.3) is 5.91 Å². The monoisotopic (exact) mass is 286 g/mol. The number of hydrogen-bond acceptors (Lipinski definition) is 5. The van der Waals surface area contributed by atoms with Gasteiger partial charge in [0.05, 0.1) is 23.6 Å². The van der Waals surface area contributed by atoms with Crippen molar-refractivity contribution in [3.05, 3.63) is 36.2 Å². The first-order valence-electron chi connectivity index (χ1n) is 7.02. The highest BCUT2D eigenvalue weighted by Crippen LogP contribution is 2.22. The van der Waals surface area contributed by atoms with Crippen LogP contribution in [0.25, 0.3) is 5.69 Å². The molecule has 1 aromatic heterocycles. The smallest absolute Gasteiger partial charge is 0.250 e. The number of carbonyl (C=O) groups is 1. The Morgan fingerprint density at radius 3 is 2.86 bits per heavy atom. The van der Waals surface area contributed by atoms with Crippen LogP contribution in [-0.4, -0.2) is 40.0 Å². The van der Waals surface area contributed by atoms with Gasteiger partial charge in [-0.25, -0.2) is 4.68 Å². The number of amides is 1. The van der Waals surface area contributed by atoms with Gasteiger partial charge in [-0.15, -0.1) is 5.10 Å². The van der Waals surface area contributed by atoms with Crippen LogP contribution < -0.4 is 16.4 Å². The summed E-state index contributed by atoms with van der Waals surface area (Å²) in [5.74, 6) is -0.434. The average molecular weight is 286 g/mol. The van der Waals surface area contributed by atoms with Crippen LogP contribution in [-0.2, 0) is 0 Å². The molecule has 2 heterocycles. The van der Waals surface area contributed by atoms with E-state index in [2.05, 4.69) is 20.9 Å². The van der Waals surface area contributed by atoms with Crippen molar-refractivity contribution in [1.29, 1.82) is 0 Å². The third-order valence-electron chi connectivity index (χ3n) is 3.65.